The van der Waals surface area contributed by atoms with E-state index in [1.807, 2.05) is 60.7 Å². The number of carbonyl (C=O) groups excluding carboxylic acids is 5. The molecule has 2 saturated heterocycles. The highest BCUT2D eigenvalue weighted by atomic mass is 19.1. The average molecular weight is 716 g/mol. The number of anilines is 1. The van der Waals surface area contributed by atoms with Crippen molar-refractivity contribution in [2.45, 2.75) is 74.9 Å². The van der Waals surface area contributed by atoms with Gasteiger partial charge in [0, 0.05) is 25.6 Å². The highest BCUT2D eigenvalue weighted by molar-refractivity contribution is 6.03. The molecule has 14 heteroatoms. The van der Waals surface area contributed by atoms with Crippen molar-refractivity contribution < 1.29 is 42.2 Å². The highest BCUT2D eigenvalue weighted by Crippen LogP contribution is 2.44. The lowest BCUT2D eigenvalue weighted by Gasteiger charge is -2.37. The summed E-state index contributed by atoms with van der Waals surface area (Å²) in [6.45, 7) is -0.453. The SMILES string of the molecule is CN(C(=O)[C@@H]1CC[C@@H](c2ccccc2)N1C(=O)OCc1ccccc1)[C@@H](CC1CC1)C(=O)N1C[C@@]2(C[C@H]1C(N)=O)Oc1cc(F)cc(F)c1NC2=O. The van der Waals surface area contributed by atoms with Gasteiger partial charge in [-0.15, -0.1) is 0 Å². The number of halogens is 2. The second-order valence-corrected chi connectivity index (χ2v) is 14.0. The van der Waals surface area contributed by atoms with Gasteiger partial charge in [0.15, 0.2) is 11.6 Å². The number of nitrogens with two attached hydrogens (primary N) is 1. The third-order valence-electron chi connectivity index (χ3n) is 10.5. The van der Waals surface area contributed by atoms with Crippen LogP contribution < -0.4 is 15.8 Å². The molecule has 3 fully saturated rings. The number of rotatable bonds is 9. The molecule has 3 heterocycles. The highest BCUT2D eigenvalue weighted by Gasteiger charge is 2.58. The lowest BCUT2D eigenvalue weighted by atomic mass is 9.96. The van der Waals surface area contributed by atoms with E-state index < -0.39 is 77.7 Å². The largest absolute Gasteiger partial charge is 0.473 e. The maximum atomic E-state index is 14.5. The molecule has 12 nitrogen and oxygen atoms in total. The number of ether oxygens (including phenoxy) is 2. The molecule has 0 aromatic heterocycles. The number of nitrogens with one attached hydrogen (secondary N) is 1. The summed E-state index contributed by atoms with van der Waals surface area (Å²) in [5, 5.41) is 2.40. The summed E-state index contributed by atoms with van der Waals surface area (Å²) in [5.74, 6) is -4.98. The first-order chi connectivity index (χ1) is 25.0. The Bertz CT molecular complexity index is 1890. The Balaban J connectivity index is 1.15. The van der Waals surface area contributed by atoms with Crippen molar-refractivity contribution in [1.82, 2.24) is 14.7 Å². The molecule has 0 bridgehead atoms. The lowest BCUT2D eigenvalue weighted by molar-refractivity contribution is -0.149. The molecule has 52 heavy (non-hydrogen) atoms. The number of amides is 5. The van der Waals surface area contributed by atoms with Gasteiger partial charge in [-0.1, -0.05) is 73.5 Å². The summed E-state index contributed by atoms with van der Waals surface area (Å²) in [4.78, 5) is 73.0. The molecule has 5 atom stereocenters. The van der Waals surface area contributed by atoms with E-state index in [9.17, 15) is 32.8 Å². The number of primary amides is 1. The topological polar surface area (TPSA) is 152 Å². The minimum absolute atomic E-state index is 0.00183. The predicted molar refractivity (Wildman–Crippen MR) is 182 cm³/mol. The molecular formula is C38H39F2N5O7. The number of hydrogen-bond acceptors (Lipinski definition) is 7. The number of hydrogen-bond donors (Lipinski definition) is 2. The third-order valence-corrected chi connectivity index (χ3v) is 10.5. The normalized spacial score (nSPS) is 24.1. The van der Waals surface area contributed by atoms with Crippen LogP contribution in [0.3, 0.4) is 0 Å². The number of fused-ring (bicyclic) bond motifs is 1. The van der Waals surface area contributed by atoms with Gasteiger partial charge in [0.2, 0.25) is 23.3 Å². The van der Waals surface area contributed by atoms with E-state index in [2.05, 4.69) is 5.32 Å². The van der Waals surface area contributed by atoms with Gasteiger partial charge in [0.05, 0.1) is 12.6 Å². The molecule has 4 aliphatic rings. The molecule has 0 radical (unpaired) electrons. The number of nitrogens with zero attached hydrogens (tertiary/aromatic N) is 3. The second kappa shape index (κ2) is 13.9. The zero-order valence-corrected chi connectivity index (χ0v) is 28.5. The Morgan fingerprint density at radius 2 is 1.69 bits per heavy atom. The standard InChI is InChI=1S/C38H39F2N5O7/c1-43(34(47)28-15-14-27(24-10-6-3-7-11-24)45(28)37(50)51-20-23-8-4-2-5-9-23)29(16-22-12-13-22)35(48)44-21-38(19-30(44)33(41)46)36(49)42-32-26(40)17-25(39)18-31(32)52-38/h2-11,17-18,22,27-30H,12-16,19-21H2,1H3,(H2,41,46)(H,42,49)/t27-,28-,29-,30-,38+/m0/s1. The molecule has 272 valence electrons. The minimum atomic E-state index is -1.87. The lowest BCUT2D eigenvalue weighted by Crippen LogP contribution is -2.57. The zero-order chi connectivity index (χ0) is 36.7. The quantitative estimate of drug-likeness (QED) is 0.336. The van der Waals surface area contributed by atoms with Crippen molar-refractivity contribution in [1.29, 1.82) is 0 Å². The first kappa shape index (κ1) is 34.9. The van der Waals surface area contributed by atoms with Crippen LogP contribution in [0, 0.1) is 17.6 Å². The predicted octanol–water partition coefficient (Wildman–Crippen LogP) is 4.29. The Kier molecular flexibility index (Phi) is 9.32. The van der Waals surface area contributed by atoms with Crippen LogP contribution in [0.5, 0.6) is 5.75 Å². The first-order valence-corrected chi connectivity index (χ1v) is 17.4. The summed E-state index contributed by atoms with van der Waals surface area (Å²) < 4.78 is 40.3. The smallest absolute Gasteiger partial charge is 0.411 e. The molecule has 1 aliphatic carbocycles. The van der Waals surface area contributed by atoms with Gasteiger partial charge in [-0.2, -0.15) is 0 Å². The van der Waals surface area contributed by atoms with Gasteiger partial charge in [-0.3, -0.25) is 24.1 Å². The monoisotopic (exact) mass is 715 g/mol. The molecule has 5 amide bonds. The average Bonchev–Trinajstić information content (AvgIpc) is 3.71. The summed E-state index contributed by atoms with van der Waals surface area (Å²) in [5.41, 5.74) is 5.16. The Hall–Kier alpha value is -5.53. The van der Waals surface area contributed by atoms with Gasteiger partial charge in [0.25, 0.3) is 5.91 Å². The number of benzene rings is 3. The van der Waals surface area contributed by atoms with Crippen molar-refractivity contribution in [3.63, 3.8) is 0 Å². The fourth-order valence-electron chi connectivity index (χ4n) is 7.61. The second-order valence-electron chi connectivity index (χ2n) is 14.0. The van der Waals surface area contributed by atoms with Crippen molar-refractivity contribution in [3.8, 4) is 5.75 Å². The van der Waals surface area contributed by atoms with E-state index in [1.165, 1.54) is 16.8 Å². The molecular weight excluding hydrogens is 676 g/mol. The van der Waals surface area contributed by atoms with E-state index in [0.29, 0.717) is 18.9 Å². The molecule has 7 rings (SSSR count). The van der Waals surface area contributed by atoms with Crippen molar-refractivity contribution in [2.75, 3.05) is 18.9 Å². The van der Waals surface area contributed by atoms with Gasteiger partial charge in [-0.25, -0.2) is 13.6 Å². The molecule has 1 spiro atoms. The van der Waals surface area contributed by atoms with Gasteiger partial charge >= 0.3 is 6.09 Å². The fourth-order valence-corrected chi connectivity index (χ4v) is 7.61. The summed E-state index contributed by atoms with van der Waals surface area (Å²) in [6, 6.07) is 16.2. The van der Waals surface area contributed by atoms with Gasteiger partial charge < -0.3 is 30.3 Å². The Labute approximate surface area is 298 Å². The summed E-state index contributed by atoms with van der Waals surface area (Å²) >= 11 is 0. The van der Waals surface area contributed by atoms with E-state index in [-0.39, 0.29) is 36.8 Å². The molecule has 0 unspecified atom stereocenters. The van der Waals surface area contributed by atoms with Crippen LogP contribution in [0.2, 0.25) is 0 Å². The van der Waals surface area contributed by atoms with Crippen LogP contribution in [0.1, 0.15) is 55.7 Å². The van der Waals surface area contributed by atoms with E-state index >= 15 is 0 Å². The molecule has 1 saturated carbocycles. The van der Waals surface area contributed by atoms with E-state index in [0.717, 1.165) is 34.9 Å². The summed E-state index contributed by atoms with van der Waals surface area (Å²) in [7, 11) is 1.49. The van der Waals surface area contributed by atoms with Crippen LogP contribution >= 0.6 is 0 Å². The van der Waals surface area contributed by atoms with Gasteiger partial charge in [-0.05, 0) is 36.3 Å². The van der Waals surface area contributed by atoms with Crippen LogP contribution in [0.4, 0.5) is 19.3 Å². The van der Waals surface area contributed by atoms with Crippen molar-refractivity contribution in [3.05, 3.63) is 95.6 Å². The Morgan fingerprint density at radius 3 is 2.37 bits per heavy atom. The van der Waals surface area contributed by atoms with Crippen molar-refractivity contribution in [2.24, 2.45) is 11.7 Å². The third kappa shape index (κ3) is 6.64. The van der Waals surface area contributed by atoms with Crippen molar-refractivity contribution >= 4 is 35.4 Å². The zero-order valence-electron chi connectivity index (χ0n) is 28.5. The van der Waals surface area contributed by atoms with E-state index in [1.54, 1.807) is 0 Å². The van der Waals surface area contributed by atoms with Crippen LogP contribution in [-0.4, -0.2) is 81.7 Å². The number of likely N-dealkylation sites (N-methyl/N-ethyl adjacent to an activating group) is 1. The number of likely N-dealkylation sites (tertiary alicyclic amines) is 2. The molecule has 3 aromatic carbocycles. The van der Waals surface area contributed by atoms with Crippen LogP contribution in [-0.2, 0) is 30.5 Å². The summed E-state index contributed by atoms with van der Waals surface area (Å²) in [6.07, 6.45) is 1.70. The molecule has 3 aliphatic heterocycles. The number of carbonyl (C=O) groups is 5. The maximum Gasteiger partial charge on any atom is 0.411 e. The minimum Gasteiger partial charge on any atom is -0.473 e. The Morgan fingerprint density at radius 1 is 1.00 bits per heavy atom. The molecule has 3 N–H and O–H groups in total. The van der Waals surface area contributed by atoms with Crippen LogP contribution in [0.25, 0.3) is 0 Å². The molecule has 3 aromatic rings. The first-order valence-electron chi connectivity index (χ1n) is 17.4. The maximum absolute atomic E-state index is 14.5. The fraction of sp³-hybridized carbons (Fsp3) is 0.395. The van der Waals surface area contributed by atoms with Gasteiger partial charge in [0.1, 0.15) is 36.2 Å². The van der Waals surface area contributed by atoms with E-state index in [4.69, 9.17) is 15.2 Å². The van der Waals surface area contributed by atoms with Crippen LogP contribution in [0.15, 0.2) is 72.8 Å².